The zero-order chi connectivity index (χ0) is 25.3. The molecule has 3 fully saturated rings. The van der Waals surface area contributed by atoms with Crippen LogP contribution >= 0.6 is 0 Å². The molecule has 0 heterocycles. The Kier molecular flexibility index (Phi) is 6.14. The Balaban J connectivity index is 1.79. The first kappa shape index (κ1) is 25.8. The molecule has 0 spiro atoms. The molecule has 4 heteroatoms. The molecule has 0 radical (unpaired) electrons. The van der Waals surface area contributed by atoms with E-state index in [1.54, 1.807) is 0 Å². The molecule has 4 aliphatic carbocycles. The predicted molar refractivity (Wildman–Crippen MR) is 135 cm³/mol. The van der Waals surface area contributed by atoms with Gasteiger partial charge in [0.2, 0.25) is 0 Å². The maximum atomic E-state index is 12.7. The van der Waals surface area contributed by atoms with Gasteiger partial charge in [0.25, 0.3) is 0 Å². The number of rotatable bonds is 5. The molecule has 4 aliphatic rings. The number of aliphatic carboxylic acids is 2. The molecule has 34 heavy (non-hydrogen) atoms. The highest BCUT2D eigenvalue weighted by Gasteiger charge is 2.68. The maximum Gasteiger partial charge on any atom is 0.313 e. The number of carboxylic acid groups (broad SMARTS) is 2. The van der Waals surface area contributed by atoms with E-state index in [1.165, 1.54) is 12.0 Å². The van der Waals surface area contributed by atoms with Crippen LogP contribution in [0, 0.1) is 50.7 Å². The van der Waals surface area contributed by atoms with Gasteiger partial charge in [-0.25, -0.2) is 0 Å². The van der Waals surface area contributed by atoms with Crippen LogP contribution < -0.4 is 0 Å². The Hall–Kier alpha value is -1.32. The maximum absolute atomic E-state index is 12.7. The lowest BCUT2D eigenvalue weighted by molar-refractivity contribution is -0.198. The van der Waals surface area contributed by atoms with Crippen LogP contribution in [-0.4, -0.2) is 22.2 Å². The van der Waals surface area contributed by atoms with Crippen molar-refractivity contribution in [1.82, 2.24) is 0 Å². The third-order valence-electron chi connectivity index (χ3n) is 12.0. The van der Waals surface area contributed by atoms with E-state index in [-0.39, 0.29) is 28.1 Å². The molecule has 7 unspecified atom stereocenters. The Morgan fingerprint density at radius 3 is 2.15 bits per heavy atom. The topological polar surface area (TPSA) is 74.6 Å². The van der Waals surface area contributed by atoms with E-state index in [1.807, 2.05) is 0 Å². The van der Waals surface area contributed by atoms with E-state index >= 15 is 0 Å². The van der Waals surface area contributed by atoms with Crippen LogP contribution in [0.1, 0.15) is 113 Å². The SMILES string of the molecule is CC(C)C1CCC2(C)C(CCC3C4=CC(C)(C)CCC4(C(=O)O)CCC32C)C1(C)CCC(=O)O. The summed E-state index contributed by atoms with van der Waals surface area (Å²) in [4.78, 5) is 24.4. The first-order chi connectivity index (χ1) is 15.6. The highest BCUT2D eigenvalue weighted by molar-refractivity contribution is 5.80. The monoisotopic (exact) mass is 472 g/mol. The summed E-state index contributed by atoms with van der Waals surface area (Å²) in [6.45, 7) is 16.5. The molecular weight excluding hydrogens is 424 g/mol. The molecule has 0 aromatic heterocycles. The third kappa shape index (κ3) is 3.52. The minimum Gasteiger partial charge on any atom is -0.481 e. The van der Waals surface area contributed by atoms with Crippen LogP contribution in [0.25, 0.3) is 0 Å². The van der Waals surface area contributed by atoms with Crippen molar-refractivity contribution < 1.29 is 19.8 Å². The van der Waals surface area contributed by atoms with Gasteiger partial charge < -0.3 is 10.2 Å². The summed E-state index contributed by atoms with van der Waals surface area (Å²) in [6, 6.07) is 0. The van der Waals surface area contributed by atoms with Crippen LogP contribution in [0.3, 0.4) is 0 Å². The fourth-order valence-corrected chi connectivity index (χ4v) is 9.94. The molecule has 2 N–H and O–H groups in total. The summed E-state index contributed by atoms with van der Waals surface area (Å²) in [5, 5.41) is 20.0. The second kappa shape index (κ2) is 8.10. The number of allylic oxidation sites excluding steroid dienone is 1. The summed E-state index contributed by atoms with van der Waals surface area (Å²) in [7, 11) is 0. The molecule has 0 bridgehead atoms. The lowest BCUT2D eigenvalue weighted by Gasteiger charge is -2.70. The minimum atomic E-state index is -0.686. The van der Waals surface area contributed by atoms with Crippen LogP contribution in [0.2, 0.25) is 0 Å². The predicted octanol–water partition coefficient (Wildman–Crippen LogP) is 7.57. The van der Waals surface area contributed by atoms with Crippen molar-refractivity contribution in [2.45, 2.75) is 113 Å². The number of carboxylic acids is 2. The molecule has 3 saturated carbocycles. The lowest BCUT2D eigenvalue weighted by atomic mass is 9.34. The molecule has 0 aromatic rings. The minimum absolute atomic E-state index is 0.00901. The largest absolute Gasteiger partial charge is 0.481 e. The second-order valence-corrected chi connectivity index (χ2v) is 14.3. The van der Waals surface area contributed by atoms with Crippen molar-refractivity contribution >= 4 is 11.9 Å². The smallest absolute Gasteiger partial charge is 0.313 e. The van der Waals surface area contributed by atoms with Gasteiger partial charge >= 0.3 is 11.9 Å². The average Bonchev–Trinajstić information content (AvgIpc) is 2.72. The van der Waals surface area contributed by atoms with Gasteiger partial charge in [-0.05, 0) is 103 Å². The van der Waals surface area contributed by atoms with Gasteiger partial charge in [0.1, 0.15) is 0 Å². The van der Waals surface area contributed by atoms with Crippen molar-refractivity contribution in [3.8, 4) is 0 Å². The summed E-state index contributed by atoms with van der Waals surface area (Å²) < 4.78 is 0. The number of carbonyl (C=O) groups is 2. The van der Waals surface area contributed by atoms with Gasteiger partial charge in [-0.15, -0.1) is 0 Å². The highest BCUT2D eigenvalue weighted by Crippen LogP contribution is 2.74. The van der Waals surface area contributed by atoms with E-state index in [0.717, 1.165) is 51.4 Å². The van der Waals surface area contributed by atoms with Gasteiger partial charge in [-0.3, -0.25) is 9.59 Å². The standard InChI is InChI=1S/C30H48O4/c1-19(2)20-10-13-29(7)23(27(20,5)12-11-24(31)32)9-8-21-22-18-26(3,4)14-16-30(22,25(33)34)17-15-28(21,29)6/h18-21,23H,8-17H2,1-7H3,(H,31,32)(H,33,34). The molecule has 0 amide bonds. The summed E-state index contributed by atoms with van der Waals surface area (Å²) in [5.74, 6) is 0.586. The summed E-state index contributed by atoms with van der Waals surface area (Å²) >= 11 is 0. The van der Waals surface area contributed by atoms with Crippen molar-refractivity contribution in [1.29, 1.82) is 0 Å². The first-order valence-corrected chi connectivity index (χ1v) is 13.8. The normalized spacial score (nSPS) is 45.5. The molecule has 0 aliphatic heterocycles. The second-order valence-electron chi connectivity index (χ2n) is 14.3. The fraction of sp³-hybridized carbons (Fsp3) is 0.867. The Morgan fingerprint density at radius 2 is 1.56 bits per heavy atom. The quantitative estimate of drug-likeness (QED) is 0.405. The van der Waals surface area contributed by atoms with Crippen LogP contribution in [0.15, 0.2) is 11.6 Å². The highest BCUT2D eigenvalue weighted by atomic mass is 16.4. The van der Waals surface area contributed by atoms with Gasteiger partial charge in [0.05, 0.1) is 5.41 Å². The molecule has 0 saturated heterocycles. The molecule has 0 aromatic carbocycles. The van der Waals surface area contributed by atoms with Crippen LogP contribution in [0.5, 0.6) is 0 Å². The van der Waals surface area contributed by atoms with Crippen molar-refractivity contribution in [2.75, 3.05) is 0 Å². The zero-order valence-corrected chi connectivity index (χ0v) is 22.7. The summed E-state index contributed by atoms with van der Waals surface area (Å²) in [5.41, 5.74) is 0.778. The van der Waals surface area contributed by atoms with E-state index < -0.39 is 17.4 Å². The average molecular weight is 473 g/mol. The first-order valence-electron chi connectivity index (χ1n) is 13.8. The van der Waals surface area contributed by atoms with Crippen molar-refractivity contribution in [3.63, 3.8) is 0 Å². The molecule has 4 rings (SSSR count). The van der Waals surface area contributed by atoms with Gasteiger partial charge in [-0.1, -0.05) is 60.1 Å². The van der Waals surface area contributed by atoms with E-state index in [0.29, 0.717) is 23.7 Å². The fourth-order valence-electron chi connectivity index (χ4n) is 9.94. The van der Waals surface area contributed by atoms with Gasteiger partial charge in [0.15, 0.2) is 0 Å². The molecular formula is C30H48O4. The third-order valence-corrected chi connectivity index (χ3v) is 12.0. The molecule has 192 valence electrons. The summed E-state index contributed by atoms with van der Waals surface area (Å²) in [6.07, 6.45) is 11.2. The van der Waals surface area contributed by atoms with Crippen LogP contribution in [-0.2, 0) is 9.59 Å². The number of hydrogen-bond donors (Lipinski definition) is 2. The van der Waals surface area contributed by atoms with Crippen molar-refractivity contribution in [2.24, 2.45) is 50.7 Å². The van der Waals surface area contributed by atoms with E-state index in [4.69, 9.17) is 0 Å². The van der Waals surface area contributed by atoms with E-state index in [9.17, 15) is 19.8 Å². The lowest BCUT2D eigenvalue weighted by Crippen LogP contribution is -2.63. The van der Waals surface area contributed by atoms with Gasteiger partial charge in [-0.2, -0.15) is 0 Å². The van der Waals surface area contributed by atoms with E-state index in [2.05, 4.69) is 54.5 Å². The van der Waals surface area contributed by atoms with Crippen LogP contribution in [0.4, 0.5) is 0 Å². The molecule has 4 nitrogen and oxygen atoms in total. The molecule has 7 atom stereocenters. The Labute approximate surface area is 207 Å². The zero-order valence-electron chi connectivity index (χ0n) is 22.7. The van der Waals surface area contributed by atoms with Gasteiger partial charge in [0, 0.05) is 6.42 Å². The number of hydrogen-bond acceptors (Lipinski definition) is 2. The Morgan fingerprint density at radius 1 is 0.912 bits per heavy atom. The number of fused-ring (bicyclic) bond motifs is 5. The Bertz CT molecular complexity index is 886. The van der Waals surface area contributed by atoms with Crippen molar-refractivity contribution in [3.05, 3.63) is 11.6 Å².